The van der Waals surface area contributed by atoms with Crippen molar-refractivity contribution in [2.24, 2.45) is 13.0 Å². The second-order valence-electron chi connectivity index (χ2n) is 15.1. The van der Waals surface area contributed by atoms with E-state index in [0.717, 1.165) is 99.0 Å². The molecule has 0 bridgehead atoms. The lowest BCUT2D eigenvalue weighted by Gasteiger charge is -2.38. The van der Waals surface area contributed by atoms with Crippen LogP contribution in [0.5, 0.6) is 5.75 Å². The third-order valence-corrected chi connectivity index (χ3v) is 13.0. The second-order valence-corrected chi connectivity index (χ2v) is 16.6. The Hall–Kier alpha value is -4.74. The van der Waals surface area contributed by atoms with Gasteiger partial charge >= 0.3 is 12.6 Å². The molecular formula is C40H52F2N10O4S. The monoisotopic (exact) mass is 806 g/mol. The molecule has 0 radical (unpaired) electrons. The summed E-state index contributed by atoms with van der Waals surface area (Å²) in [6.07, 6.45) is 9.45. The molecule has 14 nitrogen and oxygen atoms in total. The minimum absolute atomic E-state index is 0.0865. The Balaban J connectivity index is 0.856. The number of ether oxygens (including phenoxy) is 1. The van der Waals surface area contributed by atoms with Crippen LogP contribution >= 0.6 is 0 Å². The maximum absolute atomic E-state index is 13.6. The summed E-state index contributed by atoms with van der Waals surface area (Å²) in [7, 11) is 2.20. The molecule has 2 aromatic heterocycles. The molecule has 1 unspecified atom stereocenters. The summed E-state index contributed by atoms with van der Waals surface area (Å²) in [5, 5.41) is 11.5. The summed E-state index contributed by atoms with van der Waals surface area (Å²) in [5.41, 5.74) is 3.40. The van der Waals surface area contributed by atoms with Gasteiger partial charge < -0.3 is 30.0 Å². The zero-order valence-corrected chi connectivity index (χ0v) is 33.4. The first-order chi connectivity index (χ1) is 27.7. The number of aromatic nitrogens is 4. The number of carbonyl (C=O) groups is 2. The van der Waals surface area contributed by atoms with Gasteiger partial charge in [-0.15, -0.1) is 0 Å². The van der Waals surface area contributed by atoms with Gasteiger partial charge in [-0.1, -0.05) is 12.1 Å². The number of aldehydes is 1. The highest BCUT2D eigenvalue weighted by Crippen LogP contribution is 2.34. The van der Waals surface area contributed by atoms with Crippen LogP contribution in [0.4, 0.5) is 31.0 Å². The van der Waals surface area contributed by atoms with Crippen LogP contribution in [0.2, 0.25) is 0 Å². The molecule has 7 rings (SSSR count). The molecule has 0 aliphatic carbocycles. The quantitative estimate of drug-likeness (QED) is 0.159. The number of nitrogens with zero attached hydrogens (tertiary/aromatic N) is 8. The second kappa shape index (κ2) is 18.7. The van der Waals surface area contributed by atoms with Crippen molar-refractivity contribution in [1.82, 2.24) is 34.3 Å². The maximum Gasteiger partial charge on any atom is 0.387 e. The van der Waals surface area contributed by atoms with Crippen molar-refractivity contribution in [3.63, 3.8) is 0 Å². The van der Waals surface area contributed by atoms with Crippen LogP contribution in [-0.2, 0) is 22.8 Å². The van der Waals surface area contributed by atoms with Crippen LogP contribution in [0.3, 0.4) is 0 Å². The molecule has 3 aliphatic rings. The van der Waals surface area contributed by atoms with Crippen LogP contribution < -0.4 is 25.2 Å². The highest BCUT2D eigenvalue weighted by Gasteiger charge is 2.29. The number of urea groups is 1. The van der Waals surface area contributed by atoms with Crippen molar-refractivity contribution in [2.75, 3.05) is 74.5 Å². The number of likely N-dealkylation sites (tertiary alicyclic amines) is 1. The lowest BCUT2D eigenvalue weighted by molar-refractivity contribution is -0.107. The maximum atomic E-state index is 13.6. The zero-order chi connectivity index (χ0) is 39.9. The van der Waals surface area contributed by atoms with E-state index in [9.17, 15) is 22.6 Å². The Morgan fingerprint density at radius 2 is 1.74 bits per heavy atom. The summed E-state index contributed by atoms with van der Waals surface area (Å²) < 4.78 is 46.6. The number of rotatable bonds is 14. The number of nitrogens with one attached hydrogen (secondary N) is 2. The van der Waals surface area contributed by atoms with Gasteiger partial charge in [0.2, 0.25) is 5.95 Å². The van der Waals surface area contributed by atoms with E-state index in [4.69, 9.17) is 0 Å². The molecule has 3 aliphatic heterocycles. The minimum atomic E-state index is -2.92. The van der Waals surface area contributed by atoms with E-state index >= 15 is 0 Å². The summed E-state index contributed by atoms with van der Waals surface area (Å²) in [4.78, 5) is 39.2. The molecule has 2 aromatic carbocycles. The van der Waals surface area contributed by atoms with E-state index < -0.39 is 17.6 Å². The molecule has 306 valence electrons. The number of hydrogen-bond donors (Lipinski definition) is 2. The predicted octanol–water partition coefficient (Wildman–Crippen LogP) is 5.39. The molecular weight excluding hydrogens is 755 g/mol. The highest BCUT2D eigenvalue weighted by atomic mass is 32.2. The topological polar surface area (TPSA) is 141 Å². The SMILES string of the molecule is CNC(=O)N(CCC=O)c1nn(C)c2cc(C3CCN(CC4CCN(c5cccc(S(=O)N6CCC(Nc7ncc(OC(F)F)cn7)CC6)c5)CC4)CC3)ccc12. The number of benzene rings is 2. The van der Waals surface area contributed by atoms with Crippen LogP contribution in [-0.4, -0.2) is 118 Å². The lowest BCUT2D eigenvalue weighted by atomic mass is 9.88. The van der Waals surface area contributed by atoms with Crippen LogP contribution in [0, 0.1) is 5.92 Å². The Kier molecular flexibility index (Phi) is 13.3. The zero-order valence-electron chi connectivity index (χ0n) is 32.6. The summed E-state index contributed by atoms with van der Waals surface area (Å²) in [5.74, 6) is 1.94. The van der Waals surface area contributed by atoms with Gasteiger partial charge in [-0.2, -0.15) is 13.9 Å². The van der Waals surface area contributed by atoms with Gasteiger partial charge in [0, 0.05) is 76.9 Å². The number of carbonyl (C=O) groups excluding carboxylic acids is 2. The van der Waals surface area contributed by atoms with Gasteiger partial charge in [-0.25, -0.2) is 23.3 Å². The van der Waals surface area contributed by atoms with Crippen LogP contribution in [0.25, 0.3) is 10.9 Å². The van der Waals surface area contributed by atoms with E-state index in [0.29, 0.717) is 36.7 Å². The fourth-order valence-corrected chi connectivity index (χ4v) is 9.61. The molecule has 0 saturated carbocycles. The average Bonchev–Trinajstić information content (AvgIpc) is 3.56. The highest BCUT2D eigenvalue weighted by molar-refractivity contribution is 7.82. The number of aryl methyl sites for hydroxylation is 1. The fourth-order valence-electron chi connectivity index (χ4n) is 8.36. The number of amides is 2. The largest absolute Gasteiger partial charge is 0.432 e. The molecule has 4 aromatic rings. The molecule has 3 saturated heterocycles. The lowest BCUT2D eigenvalue weighted by Crippen LogP contribution is -2.41. The number of anilines is 3. The first-order valence-electron chi connectivity index (χ1n) is 19.9. The third-order valence-electron chi connectivity index (χ3n) is 11.5. The Labute approximate surface area is 334 Å². The van der Waals surface area contributed by atoms with Gasteiger partial charge in [-0.3, -0.25) is 9.58 Å². The molecule has 3 fully saturated rings. The first kappa shape index (κ1) is 40.5. The van der Waals surface area contributed by atoms with Crippen molar-refractivity contribution in [3.05, 3.63) is 60.4 Å². The first-order valence-corrected chi connectivity index (χ1v) is 21.0. The molecule has 17 heteroatoms. The molecule has 0 spiro atoms. The molecule has 2 amide bonds. The summed E-state index contributed by atoms with van der Waals surface area (Å²) >= 11 is 0. The van der Waals surface area contributed by atoms with E-state index in [1.165, 1.54) is 22.9 Å². The summed E-state index contributed by atoms with van der Waals surface area (Å²) in [6, 6.07) is 14.4. The van der Waals surface area contributed by atoms with Crippen LogP contribution in [0.15, 0.2) is 59.8 Å². The molecule has 5 heterocycles. The van der Waals surface area contributed by atoms with E-state index in [1.54, 1.807) is 7.05 Å². The van der Waals surface area contributed by atoms with Crippen LogP contribution in [0.1, 0.15) is 56.4 Å². The standard InChI is InChI=1S/C40H52F2N10O4S/c1-43-40(54)52(15-4-22-53)37-35-8-7-30(23-36(35)48(2)47-37)29-11-16-49(17-12-29)27-28-9-18-50(19-10-28)32-5-3-6-34(24-32)57(55)51-20-13-31(14-21-51)46-39-44-25-33(26-45-39)56-38(41)42/h3,5-8,22-26,28-29,31,38H,4,9-21,27H2,1-2H3,(H,43,54)(H,44,45,46). The number of piperidine rings is 3. The van der Waals surface area contributed by atoms with Gasteiger partial charge in [0.1, 0.15) is 17.3 Å². The van der Waals surface area contributed by atoms with Gasteiger partial charge in [0.05, 0.1) is 22.8 Å². The fraction of sp³-hybridized carbons (Fsp3) is 0.525. The van der Waals surface area contributed by atoms with E-state index in [-0.39, 0.29) is 30.8 Å². The van der Waals surface area contributed by atoms with Crippen molar-refractivity contribution in [1.29, 1.82) is 0 Å². The minimum Gasteiger partial charge on any atom is -0.432 e. The number of fused-ring (bicyclic) bond motifs is 1. The number of alkyl halides is 2. The third kappa shape index (κ3) is 9.87. The molecule has 1 atom stereocenters. The number of hydrogen-bond acceptors (Lipinski definition) is 10. The van der Waals surface area contributed by atoms with Gasteiger partial charge in [0.15, 0.2) is 11.6 Å². The normalized spacial score (nSPS) is 18.5. The van der Waals surface area contributed by atoms with Gasteiger partial charge in [-0.05, 0) is 99.3 Å². The van der Waals surface area contributed by atoms with Gasteiger partial charge in [0.25, 0.3) is 0 Å². The molecule has 2 N–H and O–H groups in total. The van der Waals surface area contributed by atoms with Crippen molar-refractivity contribution in [3.8, 4) is 5.75 Å². The van der Waals surface area contributed by atoms with Crippen molar-refractivity contribution >= 4 is 51.7 Å². The molecule has 57 heavy (non-hydrogen) atoms. The Morgan fingerprint density at radius 1 is 1.00 bits per heavy atom. The van der Waals surface area contributed by atoms with E-state index in [1.807, 2.05) is 28.2 Å². The number of halogens is 2. The summed E-state index contributed by atoms with van der Waals surface area (Å²) in [6.45, 7) is 3.84. The van der Waals surface area contributed by atoms with Crippen molar-refractivity contribution in [2.45, 2.75) is 68.4 Å². The smallest absolute Gasteiger partial charge is 0.387 e. The Morgan fingerprint density at radius 3 is 2.42 bits per heavy atom. The Bertz CT molecular complexity index is 2000. The average molecular weight is 807 g/mol. The van der Waals surface area contributed by atoms with Crippen molar-refractivity contribution < 1.29 is 27.3 Å². The van der Waals surface area contributed by atoms with E-state index in [2.05, 4.69) is 70.6 Å². The predicted molar refractivity (Wildman–Crippen MR) is 216 cm³/mol.